The average molecular weight is 940 g/mol. The summed E-state index contributed by atoms with van der Waals surface area (Å²) in [6.45, 7) is 3.39. The number of urea groups is 1. The topological polar surface area (TPSA) is 315 Å². The number of aromatic nitrogens is 1. The molecule has 4 heterocycles. The number of rotatable bonds is 26. The quantitative estimate of drug-likeness (QED) is 0.0257. The standard InChI is InChI=1S/C44H65N11O10S/c1-25(2)18-26(20-36(57)54-65)43(63)55-17-9-13-33(55)42(62)51-31(19-27-21-47-29-11-4-3-10-28(27)29)41(61)49-22-37(58)48-23-38(59)50-30(40(45)60)12-7-8-16-46-35(56)15-6-5-14-34-39-32(24-66-34)52-44(64)53-39/h3-4,10-11,21,25-26,30-34,39,47,65H,5-9,12-20,22-24H2,1-2H3,(H2,45,60)(H,46,56)(H,48,58)(H,49,61)(H,50,59)(H,51,62)(H,54,57)(H2,52,53,64)/t26?,30-,31-,32-,33-,34-,39-/m0/s1. The van der Waals surface area contributed by atoms with Crippen LogP contribution in [0, 0.1) is 11.8 Å². The lowest BCUT2D eigenvalue weighted by Crippen LogP contribution is -2.55. The van der Waals surface area contributed by atoms with Crippen LogP contribution >= 0.6 is 11.8 Å². The van der Waals surface area contributed by atoms with Crippen molar-refractivity contribution in [2.45, 2.75) is 126 Å². The summed E-state index contributed by atoms with van der Waals surface area (Å²) < 4.78 is 0. The van der Waals surface area contributed by atoms with Gasteiger partial charge in [0.1, 0.15) is 18.1 Å². The molecular formula is C44H65N11O10S. The van der Waals surface area contributed by atoms with Gasteiger partial charge in [0.2, 0.25) is 47.3 Å². The number of likely N-dealkylation sites (tertiary alicyclic amines) is 1. The van der Waals surface area contributed by atoms with Crippen LogP contribution in [0.1, 0.15) is 90.0 Å². The lowest BCUT2D eigenvalue weighted by molar-refractivity contribution is -0.145. The Hall–Kier alpha value is -5.90. The molecule has 3 aliphatic heterocycles. The van der Waals surface area contributed by atoms with E-state index in [9.17, 15) is 43.2 Å². The number of nitrogens with two attached hydrogens (primary N) is 1. The first-order valence-electron chi connectivity index (χ1n) is 22.8. The van der Waals surface area contributed by atoms with Gasteiger partial charge in [0.15, 0.2) is 0 Å². The number of carbonyl (C=O) groups is 9. The Morgan fingerprint density at radius 3 is 2.42 bits per heavy atom. The van der Waals surface area contributed by atoms with Gasteiger partial charge < -0.3 is 52.8 Å². The maximum Gasteiger partial charge on any atom is 0.315 e. The third-order valence-corrected chi connectivity index (χ3v) is 13.6. The van der Waals surface area contributed by atoms with Gasteiger partial charge in [-0.1, -0.05) is 38.5 Å². The monoisotopic (exact) mass is 939 g/mol. The lowest BCUT2D eigenvalue weighted by atomic mass is 9.92. The molecule has 10 amide bonds. The van der Waals surface area contributed by atoms with E-state index in [4.69, 9.17) is 10.9 Å². The van der Waals surface area contributed by atoms with Gasteiger partial charge >= 0.3 is 6.03 Å². The van der Waals surface area contributed by atoms with Gasteiger partial charge in [0.25, 0.3) is 0 Å². The number of carbonyl (C=O) groups excluding carboxylic acids is 9. The van der Waals surface area contributed by atoms with Crippen LogP contribution < -0.4 is 48.4 Å². The van der Waals surface area contributed by atoms with Crippen molar-refractivity contribution in [1.29, 1.82) is 0 Å². The molecule has 0 bridgehead atoms. The molecule has 0 aliphatic carbocycles. The molecule has 3 aliphatic rings. The molecule has 0 saturated carbocycles. The fourth-order valence-corrected chi connectivity index (χ4v) is 10.3. The summed E-state index contributed by atoms with van der Waals surface area (Å²) in [5.41, 5.74) is 8.63. The number of aromatic amines is 1. The van der Waals surface area contributed by atoms with E-state index in [1.165, 1.54) is 4.90 Å². The van der Waals surface area contributed by atoms with Gasteiger partial charge in [0, 0.05) is 66.4 Å². The third kappa shape index (κ3) is 15.1. The largest absolute Gasteiger partial charge is 0.368 e. The number of unbranched alkanes of at least 4 members (excludes halogenated alkanes) is 2. The zero-order chi connectivity index (χ0) is 47.8. The van der Waals surface area contributed by atoms with Crippen molar-refractivity contribution in [1.82, 2.24) is 52.6 Å². The number of primary amides is 1. The van der Waals surface area contributed by atoms with Crippen LogP contribution in [0.4, 0.5) is 4.79 Å². The highest BCUT2D eigenvalue weighted by molar-refractivity contribution is 8.00. The van der Waals surface area contributed by atoms with Crippen molar-refractivity contribution < 1.29 is 48.4 Å². The summed E-state index contributed by atoms with van der Waals surface area (Å²) in [5, 5.41) is 29.3. The molecule has 21 nitrogen and oxygen atoms in total. The number of benzene rings is 1. The molecule has 1 aromatic heterocycles. The number of amides is 10. The number of para-hydroxylation sites is 1. The first-order valence-corrected chi connectivity index (χ1v) is 23.9. The molecular weight excluding hydrogens is 875 g/mol. The van der Waals surface area contributed by atoms with Crippen LogP contribution in [0.15, 0.2) is 30.5 Å². The summed E-state index contributed by atoms with van der Waals surface area (Å²) in [4.78, 5) is 120. The van der Waals surface area contributed by atoms with Gasteiger partial charge in [-0.05, 0) is 68.9 Å². The number of nitrogens with one attached hydrogen (secondary N) is 9. The first kappa shape index (κ1) is 51.1. The molecule has 2 aromatic rings. The van der Waals surface area contributed by atoms with E-state index in [0.29, 0.717) is 55.9 Å². The number of nitrogens with zero attached hydrogens (tertiary/aromatic N) is 1. The molecule has 1 unspecified atom stereocenters. The molecule has 1 aromatic carbocycles. The number of fused-ring (bicyclic) bond motifs is 2. The number of hydroxylamine groups is 1. The molecule has 7 atom stereocenters. The van der Waals surface area contributed by atoms with Crippen LogP contribution in [0.2, 0.25) is 0 Å². The smallest absolute Gasteiger partial charge is 0.315 e. The van der Waals surface area contributed by atoms with E-state index < -0.39 is 78.5 Å². The molecule has 66 heavy (non-hydrogen) atoms. The Bertz CT molecular complexity index is 2070. The van der Waals surface area contributed by atoms with Gasteiger partial charge in [-0.2, -0.15) is 11.8 Å². The summed E-state index contributed by atoms with van der Waals surface area (Å²) in [6, 6.07) is 4.47. The minimum atomic E-state index is -1.18. The Labute approximate surface area is 387 Å². The molecule has 5 rings (SSSR count). The lowest BCUT2D eigenvalue weighted by Gasteiger charge is -2.30. The van der Waals surface area contributed by atoms with Crippen molar-refractivity contribution in [3.05, 3.63) is 36.0 Å². The molecule has 0 spiro atoms. The highest BCUT2D eigenvalue weighted by Gasteiger charge is 2.43. The normalized spacial score (nSPS) is 20.1. The van der Waals surface area contributed by atoms with E-state index in [1.54, 1.807) is 11.7 Å². The fourth-order valence-electron chi connectivity index (χ4n) is 8.77. The van der Waals surface area contributed by atoms with Crippen LogP contribution in [-0.2, 0) is 44.8 Å². The summed E-state index contributed by atoms with van der Waals surface area (Å²) in [6.07, 6.45) is 6.81. The van der Waals surface area contributed by atoms with Gasteiger partial charge in [0.05, 0.1) is 25.2 Å². The Kier molecular flexibility index (Phi) is 19.5. The van der Waals surface area contributed by atoms with E-state index in [0.717, 1.165) is 35.9 Å². The zero-order valence-electron chi connectivity index (χ0n) is 37.6. The second-order valence-electron chi connectivity index (χ2n) is 17.6. The third-order valence-electron chi connectivity index (χ3n) is 12.1. The van der Waals surface area contributed by atoms with Crippen LogP contribution in [0.5, 0.6) is 0 Å². The van der Waals surface area contributed by atoms with E-state index >= 15 is 0 Å². The minimum Gasteiger partial charge on any atom is -0.368 e. The number of thioether (sulfide) groups is 1. The second-order valence-corrected chi connectivity index (χ2v) is 18.9. The van der Waals surface area contributed by atoms with Gasteiger partial charge in [-0.25, -0.2) is 10.3 Å². The average Bonchev–Trinajstić information content (AvgIpc) is 4.10. The van der Waals surface area contributed by atoms with Crippen LogP contribution in [-0.4, -0.2) is 136 Å². The van der Waals surface area contributed by atoms with Crippen molar-refractivity contribution in [3.8, 4) is 0 Å². The van der Waals surface area contributed by atoms with Crippen molar-refractivity contribution in [3.63, 3.8) is 0 Å². The predicted molar refractivity (Wildman–Crippen MR) is 244 cm³/mol. The van der Waals surface area contributed by atoms with Crippen LogP contribution in [0.25, 0.3) is 10.9 Å². The molecule has 22 heteroatoms. The SMILES string of the molecule is CC(C)CC(CC(=O)NO)C(=O)N1CCC[C@H]1C(=O)N[C@@H](Cc1c[nH]c2ccccc12)C(=O)NCC(=O)NCC(=O)N[C@@H](CCCCNC(=O)CCCC[C@@H]1SC[C@@H]2NC(=O)N[C@@H]21)C(N)=O. The van der Waals surface area contributed by atoms with E-state index in [-0.39, 0.29) is 55.7 Å². The number of hydrogen-bond acceptors (Lipinski definition) is 11. The van der Waals surface area contributed by atoms with Gasteiger partial charge in [-0.3, -0.25) is 43.6 Å². The summed E-state index contributed by atoms with van der Waals surface area (Å²) in [5.74, 6) is -4.46. The Morgan fingerprint density at radius 1 is 0.894 bits per heavy atom. The number of hydrogen-bond donors (Lipinski definition) is 11. The first-order chi connectivity index (χ1) is 31.6. The fraction of sp³-hybridized carbons (Fsp3) is 0.614. The van der Waals surface area contributed by atoms with Crippen molar-refractivity contribution in [2.24, 2.45) is 17.6 Å². The van der Waals surface area contributed by atoms with Gasteiger partial charge in [-0.15, -0.1) is 0 Å². The second kappa shape index (κ2) is 25.1. The number of H-pyrrole nitrogens is 1. The maximum absolute atomic E-state index is 13.9. The van der Waals surface area contributed by atoms with E-state index in [1.807, 2.05) is 49.9 Å². The molecule has 0 radical (unpaired) electrons. The molecule has 12 N–H and O–H groups in total. The van der Waals surface area contributed by atoms with E-state index in [2.05, 4.69) is 42.2 Å². The Balaban J connectivity index is 1.04. The van der Waals surface area contributed by atoms with Crippen molar-refractivity contribution in [2.75, 3.05) is 31.9 Å². The highest BCUT2D eigenvalue weighted by atomic mass is 32.2. The predicted octanol–water partition coefficient (Wildman–Crippen LogP) is -0.0412. The van der Waals surface area contributed by atoms with Crippen LogP contribution in [0.3, 0.4) is 0 Å². The zero-order valence-corrected chi connectivity index (χ0v) is 38.4. The molecule has 3 fully saturated rings. The molecule has 362 valence electrons. The molecule has 3 saturated heterocycles. The summed E-state index contributed by atoms with van der Waals surface area (Å²) in [7, 11) is 0. The Morgan fingerprint density at radius 2 is 1.67 bits per heavy atom. The van der Waals surface area contributed by atoms with Crippen molar-refractivity contribution >= 4 is 76.0 Å². The highest BCUT2D eigenvalue weighted by Crippen LogP contribution is 2.33. The maximum atomic E-state index is 13.9. The minimum absolute atomic E-state index is 0.0300. The summed E-state index contributed by atoms with van der Waals surface area (Å²) >= 11 is 1.84.